The number of hydrogen-bond donors (Lipinski definition) is 1. The molecule has 2 aromatic carbocycles. The third kappa shape index (κ3) is 4.32. The molecule has 0 aliphatic rings. The van der Waals surface area contributed by atoms with E-state index < -0.39 is 0 Å². The highest BCUT2D eigenvalue weighted by atomic mass is 79.9. The predicted molar refractivity (Wildman–Crippen MR) is 94.8 cm³/mol. The zero-order valence-electron chi connectivity index (χ0n) is 12.9. The Morgan fingerprint density at radius 1 is 1.14 bits per heavy atom. The van der Waals surface area contributed by atoms with Crippen LogP contribution < -0.4 is 10.2 Å². The molecule has 2 nitrogen and oxygen atoms in total. The minimum atomic E-state index is 0.334. The maximum absolute atomic E-state index is 3.59. The van der Waals surface area contributed by atoms with Crippen LogP contribution in [0.4, 0.5) is 5.69 Å². The van der Waals surface area contributed by atoms with Gasteiger partial charge >= 0.3 is 0 Å². The summed E-state index contributed by atoms with van der Waals surface area (Å²) in [7, 11) is 2.15. The van der Waals surface area contributed by atoms with Crippen molar-refractivity contribution in [3.05, 3.63) is 64.1 Å². The van der Waals surface area contributed by atoms with Crippen LogP contribution in [0.15, 0.2) is 53.0 Å². The Morgan fingerprint density at radius 3 is 2.52 bits per heavy atom. The first-order chi connectivity index (χ1) is 10.1. The van der Waals surface area contributed by atoms with Crippen LogP contribution in [0, 0.1) is 0 Å². The molecule has 3 heteroatoms. The summed E-state index contributed by atoms with van der Waals surface area (Å²) in [5.41, 5.74) is 3.92. The molecule has 1 atom stereocenters. The molecule has 0 fully saturated rings. The second-order valence-electron chi connectivity index (χ2n) is 5.32. The highest BCUT2D eigenvalue weighted by Crippen LogP contribution is 2.29. The van der Waals surface area contributed by atoms with E-state index in [1.807, 2.05) is 0 Å². The van der Waals surface area contributed by atoms with E-state index in [9.17, 15) is 0 Å². The standard InChI is InChI=1S/C18H23BrN2/c1-4-20-14(2)17-12-16(19)10-11-18(17)21(3)13-15-8-6-5-7-9-15/h5-12,14,20H,4,13H2,1-3H3. The van der Waals surface area contributed by atoms with Crippen molar-refractivity contribution in [1.82, 2.24) is 5.32 Å². The fourth-order valence-electron chi connectivity index (χ4n) is 2.58. The van der Waals surface area contributed by atoms with Gasteiger partial charge in [0, 0.05) is 29.8 Å². The molecule has 0 amide bonds. The molecule has 0 aromatic heterocycles. The van der Waals surface area contributed by atoms with Crippen molar-refractivity contribution in [2.24, 2.45) is 0 Å². The Hall–Kier alpha value is -1.32. The van der Waals surface area contributed by atoms with E-state index in [2.05, 4.69) is 95.6 Å². The maximum Gasteiger partial charge on any atom is 0.0426 e. The quantitative estimate of drug-likeness (QED) is 0.811. The number of anilines is 1. The molecular weight excluding hydrogens is 324 g/mol. The SMILES string of the molecule is CCNC(C)c1cc(Br)ccc1N(C)Cc1ccccc1. The zero-order valence-corrected chi connectivity index (χ0v) is 14.5. The Balaban J connectivity index is 2.25. The lowest BCUT2D eigenvalue weighted by molar-refractivity contribution is 0.596. The van der Waals surface area contributed by atoms with Gasteiger partial charge in [0.2, 0.25) is 0 Å². The van der Waals surface area contributed by atoms with E-state index in [0.717, 1.165) is 17.6 Å². The fourth-order valence-corrected chi connectivity index (χ4v) is 2.96. The molecule has 0 bridgehead atoms. The average Bonchev–Trinajstić information content (AvgIpc) is 2.48. The van der Waals surface area contributed by atoms with Gasteiger partial charge in [0.1, 0.15) is 0 Å². The molecule has 0 aliphatic heterocycles. The molecule has 0 aliphatic carbocycles. The van der Waals surface area contributed by atoms with Crippen LogP contribution in [0.25, 0.3) is 0 Å². The minimum absolute atomic E-state index is 0.334. The lowest BCUT2D eigenvalue weighted by Gasteiger charge is -2.26. The summed E-state index contributed by atoms with van der Waals surface area (Å²) >= 11 is 3.59. The Morgan fingerprint density at radius 2 is 1.86 bits per heavy atom. The first-order valence-electron chi connectivity index (χ1n) is 7.39. The highest BCUT2D eigenvalue weighted by molar-refractivity contribution is 9.10. The molecule has 1 unspecified atom stereocenters. The van der Waals surface area contributed by atoms with E-state index in [0.29, 0.717) is 6.04 Å². The summed E-state index contributed by atoms with van der Waals surface area (Å²) in [5.74, 6) is 0. The first kappa shape index (κ1) is 16.1. The molecule has 2 aromatic rings. The molecule has 112 valence electrons. The van der Waals surface area contributed by atoms with Crippen molar-refractivity contribution >= 4 is 21.6 Å². The van der Waals surface area contributed by atoms with Crippen LogP contribution in [-0.4, -0.2) is 13.6 Å². The monoisotopic (exact) mass is 346 g/mol. The molecule has 21 heavy (non-hydrogen) atoms. The Bertz CT molecular complexity index is 569. The normalized spacial score (nSPS) is 12.2. The van der Waals surface area contributed by atoms with Gasteiger partial charge in [0.15, 0.2) is 0 Å². The number of benzene rings is 2. The second kappa shape index (κ2) is 7.62. The van der Waals surface area contributed by atoms with Gasteiger partial charge in [-0.1, -0.05) is 53.2 Å². The topological polar surface area (TPSA) is 15.3 Å². The van der Waals surface area contributed by atoms with Gasteiger partial charge in [-0.15, -0.1) is 0 Å². The minimum Gasteiger partial charge on any atom is -0.370 e. The number of hydrogen-bond acceptors (Lipinski definition) is 2. The molecule has 0 saturated heterocycles. The number of nitrogens with one attached hydrogen (secondary N) is 1. The lowest BCUT2D eigenvalue weighted by Crippen LogP contribution is -2.23. The summed E-state index contributed by atoms with van der Waals surface area (Å²) in [6.45, 7) is 6.23. The third-order valence-corrected chi connectivity index (χ3v) is 4.13. The average molecular weight is 347 g/mol. The van der Waals surface area contributed by atoms with Gasteiger partial charge < -0.3 is 10.2 Å². The zero-order chi connectivity index (χ0) is 15.2. The largest absolute Gasteiger partial charge is 0.370 e. The van der Waals surface area contributed by atoms with Crippen molar-refractivity contribution in [3.63, 3.8) is 0 Å². The number of rotatable bonds is 6. The van der Waals surface area contributed by atoms with Crippen LogP contribution in [0.2, 0.25) is 0 Å². The fraction of sp³-hybridized carbons (Fsp3) is 0.333. The third-order valence-electron chi connectivity index (χ3n) is 3.64. The molecule has 1 N–H and O–H groups in total. The summed E-state index contributed by atoms with van der Waals surface area (Å²) in [6.07, 6.45) is 0. The maximum atomic E-state index is 3.59. The summed E-state index contributed by atoms with van der Waals surface area (Å²) < 4.78 is 1.12. The van der Waals surface area contributed by atoms with Crippen LogP contribution in [0.5, 0.6) is 0 Å². The van der Waals surface area contributed by atoms with Gasteiger partial charge in [0.05, 0.1) is 0 Å². The molecular formula is C18H23BrN2. The first-order valence-corrected chi connectivity index (χ1v) is 8.19. The summed E-state index contributed by atoms with van der Waals surface area (Å²) in [4.78, 5) is 2.31. The van der Waals surface area contributed by atoms with Crippen LogP contribution >= 0.6 is 15.9 Å². The van der Waals surface area contributed by atoms with E-state index in [4.69, 9.17) is 0 Å². The van der Waals surface area contributed by atoms with Crippen molar-refractivity contribution < 1.29 is 0 Å². The number of halogens is 1. The van der Waals surface area contributed by atoms with E-state index in [1.165, 1.54) is 16.8 Å². The van der Waals surface area contributed by atoms with Crippen molar-refractivity contribution in [3.8, 4) is 0 Å². The molecule has 2 rings (SSSR count). The van der Waals surface area contributed by atoms with Crippen LogP contribution in [0.3, 0.4) is 0 Å². The summed E-state index contributed by atoms with van der Waals surface area (Å²) in [5, 5.41) is 3.50. The van der Waals surface area contributed by atoms with Gasteiger partial charge in [0.25, 0.3) is 0 Å². The molecule has 0 heterocycles. The van der Waals surface area contributed by atoms with Crippen LogP contribution in [-0.2, 0) is 6.54 Å². The highest BCUT2D eigenvalue weighted by Gasteiger charge is 2.13. The Labute approximate surface area is 136 Å². The Kier molecular flexibility index (Phi) is 5.83. The van der Waals surface area contributed by atoms with E-state index in [-0.39, 0.29) is 0 Å². The van der Waals surface area contributed by atoms with Crippen LogP contribution in [0.1, 0.15) is 31.0 Å². The van der Waals surface area contributed by atoms with Crippen molar-refractivity contribution in [1.29, 1.82) is 0 Å². The smallest absolute Gasteiger partial charge is 0.0426 e. The van der Waals surface area contributed by atoms with Gasteiger partial charge in [-0.3, -0.25) is 0 Å². The molecule has 0 spiro atoms. The van der Waals surface area contributed by atoms with Gasteiger partial charge in [-0.25, -0.2) is 0 Å². The molecule has 0 radical (unpaired) electrons. The summed E-state index contributed by atoms with van der Waals surface area (Å²) in [6, 6.07) is 17.4. The van der Waals surface area contributed by atoms with Crippen molar-refractivity contribution in [2.75, 3.05) is 18.5 Å². The second-order valence-corrected chi connectivity index (χ2v) is 6.24. The lowest BCUT2D eigenvalue weighted by atomic mass is 10.0. The van der Waals surface area contributed by atoms with Crippen molar-refractivity contribution in [2.45, 2.75) is 26.4 Å². The molecule has 0 saturated carbocycles. The van der Waals surface area contributed by atoms with Gasteiger partial charge in [-0.05, 0) is 42.8 Å². The van der Waals surface area contributed by atoms with E-state index in [1.54, 1.807) is 0 Å². The van der Waals surface area contributed by atoms with E-state index >= 15 is 0 Å². The predicted octanol–water partition coefficient (Wildman–Crippen LogP) is 4.76. The number of nitrogens with zero attached hydrogens (tertiary/aromatic N) is 1. The van der Waals surface area contributed by atoms with Gasteiger partial charge in [-0.2, -0.15) is 0 Å².